The Labute approximate surface area is 140 Å². The molecule has 0 bridgehead atoms. The van der Waals surface area contributed by atoms with Crippen molar-refractivity contribution >= 4 is 11.0 Å². The van der Waals surface area contributed by atoms with Crippen molar-refractivity contribution in [3.8, 4) is 0 Å². The molecule has 0 unspecified atom stereocenters. The molecule has 0 atom stereocenters. The van der Waals surface area contributed by atoms with Gasteiger partial charge >= 0.3 is 0 Å². The summed E-state index contributed by atoms with van der Waals surface area (Å²) in [4.78, 5) is 4.50. The molecule has 0 aliphatic heterocycles. The Hall–Kier alpha value is -2.31. The highest BCUT2D eigenvalue weighted by molar-refractivity contribution is 5.75. The van der Waals surface area contributed by atoms with Crippen LogP contribution in [0.15, 0.2) is 36.7 Å². The highest BCUT2D eigenvalue weighted by Gasteiger charge is 2.08. The normalized spacial score (nSPS) is 11.5. The number of rotatable bonds is 6. The second-order valence-electron chi connectivity index (χ2n) is 6.13. The Balaban J connectivity index is 1.65. The summed E-state index contributed by atoms with van der Waals surface area (Å²) < 4.78 is 15.3. The lowest BCUT2D eigenvalue weighted by atomic mass is 10.1. The van der Waals surface area contributed by atoms with Gasteiger partial charge in [0.15, 0.2) is 5.65 Å². The molecule has 3 aromatic rings. The van der Waals surface area contributed by atoms with Gasteiger partial charge in [-0.25, -0.2) is 14.1 Å². The van der Waals surface area contributed by atoms with E-state index in [0.717, 1.165) is 22.2 Å². The summed E-state index contributed by atoms with van der Waals surface area (Å²) >= 11 is 0. The fourth-order valence-electron chi connectivity index (χ4n) is 2.67. The number of pyridine rings is 1. The minimum atomic E-state index is -0.377. The van der Waals surface area contributed by atoms with Crippen LogP contribution >= 0.6 is 0 Å². The van der Waals surface area contributed by atoms with Crippen LogP contribution in [-0.2, 0) is 19.7 Å². The average Bonchev–Trinajstić information content (AvgIpc) is 3.00. The van der Waals surface area contributed by atoms with Crippen molar-refractivity contribution in [2.75, 3.05) is 0 Å². The van der Waals surface area contributed by atoms with Gasteiger partial charge in [0, 0.05) is 36.3 Å². The zero-order valence-electron chi connectivity index (χ0n) is 13.8. The van der Waals surface area contributed by atoms with E-state index in [9.17, 15) is 4.39 Å². The predicted molar refractivity (Wildman–Crippen MR) is 90.8 cm³/mol. The first-order valence-electron chi connectivity index (χ1n) is 7.99. The van der Waals surface area contributed by atoms with Crippen LogP contribution in [0.4, 0.5) is 4.39 Å². The van der Waals surface area contributed by atoms with Crippen LogP contribution < -0.4 is 5.32 Å². The van der Waals surface area contributed by atoms with Gasteiger partial charge in [-0.1, -0.05) is 6.07 Å². The lowest BCUT2D eigenvalue weighted by Gasteiger charge is -2.08. The van der Waals surface area contributed by atoms with Gasteiger partial charge in [-0.3, -0.25) is 0 Å². The van der Waals surface area contributed by atoms with Gasteiger partial charge in [-0.15, -0.1) is 0 Å². The van der Waals surface area contributed by atoms with E-state index in [1.807, 2.05) is 17.1 Å². The van der Waals surface area contributed by atoms with Crippen LogP contribution in [0.5, 0.6) is 0 Å². The summed E-state index contributed by atoms with van der Waals surface area (Å²) in [5.41, 5.74) is 3.20. The standard InChI is InChI=1S/C18H21FN4O/c1-12(2)23-18-15(10-22-23)6-14(9-21-18)8-20-7-13-3-4-17(19)16(5-13)11-24/h3-6,9-10,12,20,24H,7-8,11H2,1-2H3. The van der Waals surface area contributed by atoms with Crippen molar-refractivity contribution in [3.63, 3.8) is 0 Å². The summed E-state index contributed by atoms with van der Waals surface area (Å²) in [6.45, 7) is 5.11. The van der Waals surface area contributed by atoms with Gasteiger partial charge in [0.25, 0.3) is 0 Å². The monoisotopic (exact) mass is 328 g/mol. The molecule has 0 spiro atoms. The predicted octanol–water partition coefficient (Wildman–Crippen LogP) is 2.93. The Morgan fingerprint density at radius 1 is 1.17 bits per heavy atom. The van der Waals surface area contributed by atoms with Gasteiger partial charge in [-0.05, 0) is 43.2 Å². The fourth-order valence-corrected chi connectivity index (χ4v) is 2.67. The Kier molecular flexibility index (Phi) is 4.87. The van der Waals surface area contributed by atoms with Crippen LogP contribution in [0.2, 0.25) is 0 Å². The van der Waals surface area contributed by atoms with Crippen LogP contribution in [-0.4, -0.2) is 19.9 Å². The second-order valence-corrected chi connectivity index (χ2v) is 6.13. The first kappa shape index (κ1) is 16.5. The van der Waals surface area contributed by atoms with E-state index in [-0.39, 0.29) is 18.5 Å². The molecular formula is C18H21FN4O. The summed E-state index contributed by atoms with van der Waals surface area (Å²) in [5, 5.41) is 17.8. The molecule has 0 aliphatic carbocycles. The van der Waals surface area contributed by atoms with Crippen LogP contribution in [0, 0.1) is 5.82 Å². The van der Waals surface area contributed by atoms with E-state index in [2.05, 4.69) is 35.3 Å². The number of halogens is 1. The topological polar surface area (TPSA) is 63.0 Å². The van der Waals surface area contributed by atoms with Gasteiger partial charge in [0.1, 0.15) is 5.82 Å². The van der Waals surface area contributed by atoms with Crippen LogP contribution in [0.3, 0.4) is 0 Å². The van der Waals surface area contributed by atoms with Gasteiger partial charge in [-0.2, -0.15) is 5.10 Å². The molecule has 2 N–H and O–H groups in total. The van der Waals surface area contributed by atoms with Crippen molar-refractivity contribution in [1.29, 1.82) is 0 Å². The molecule has 0 saturated carbocycles. The molecule has 0 saturated heterocycles. The molecule has 0 radical (unpaired) electrons. The zero-order chi connectivity index (χ0) is 17.1. The van der Waals surface area contributed by atoms with Crippen molar-refractivity contribution in [2.24, 2.45) is 0 Å². The lowest BCUT2D eigenvalue weighted by Crippen LogP contribution is -2.13. The summed E-state index contributed by atoms with van der Waals surface area (Å²) in [7, 11) is 0. The Morgan fingerprint density at radius 2 is 1.96 bits per heavy atom. The largest absolute Gasteiger partial charge is 0.392 e. The second kappa shape index (κ2) is 7.07. The maximum absolute atomic E-state index is 13.4. The molecule has 1 aromatic carbocycles. The fraction of sp³-hybridized carbons (Fsp3) is 0.333. The molecule has 0 aliphatic rings. The number of benzene rings is 1. The number of hydrogen-bond acceptors (Lipinski definition) is 4. The molecule has 0 fully saturated rings. The SMILES string of the molecule is CC(C)n1ncc2cc(CNCc3ccc(F)c(CO)c3)cnc21. The molecule has 3 rings (SSSR count). The van der Waals surface area contributed by atoms with E-state index < -0.39 is 0 Å². The first-order chi connectivity index (χ1) is 11.6. The van der Waals surface area contributed by atoms with E-state index in [1.165, 1.54) is 6.07 Å². The number of nitrogens with one attached hydrogen (secondary N) is 1. The Bertz CT molecular complexity index is 844. The molecule has 126 valence electrons. The maximum atomic E-state index is 13.4. The quantitative estimate of drug-likeness (QED) is 0.730. The molecule has 5 nitrogen and oxygen atoms in total. The van der Waals surface area contributed by atoms with Crippen molar-refractivity contribution < 1.29 is 9.50 Å². The van der Waals surface area contributed by atoms with Crippen molar-refractivity contribution in [1.82, 2.24) is 20.1 Å². The minimum absolute atomic E-state index is 0.276. The van der Waals surface area contributed by atoms with Crippen molar-refractivity contribution in [2.45, 2.75) is 39.6 Å². The van der Waals surface area contributed by atoms with E-state index >= 15 is 0 Å². The Morgan fingerprint density at radius 3 is 2.71 bits per heavy atom. The molecular weight excluding hydrogens is 307 g/mol. The summed E-state index contributed by atoms with van der Waals surface area (Å²) in [6, 6.07) is 7.13. The molecule has 2 aromatic heterocycles. The number of fused-ring (bicyclic) bond motifs is 1. The van der Waals surface area contributed by atoms with E-state index in [1.54, 1.807) is 12.1 Å². The van der Waals surface area contributed by atoms with Gasteiger partial charge in [0.05, 0.1) is 12.8 Å². The van der Waals surface area contributed by atoms with Crippen LogP contribution in [0.1, 0.15) is 36.6 Å². The number of aliphatic hydroxyl groups excluding tert-OH is 1. The van der Waals surface area contributed by atoms with Crippen molar-refractivity contribution in [3.05, 3.63) is 59.2 Å². The smallest absolute Gasteiger partial charge is 0.157 e. The maximum Gasteiger partial charge on any atom is 0.157 e. The summed E-state index contributed by atoms with van der Waals surface area (Å²) in [6.07, 6.45) is 3.68. The molecule has 6 heteroatoms. The number of nitrogens with zero attached hydrogens (tertiary/aromatic N) is 3. The first-order valence-corrected chi connectivity index (χ1v) is 7.99. The number of hydrogen-bond donors (Lipinski definition) is 2. The molecule has 24 heavy (non-hydrogen) atoms. The third-order valence-electron chi connectivity index (χ3n) is 3.92. The zero-order valence-corrected chi connectivity index (χ0v) is 13.8. The van der Waals surface area contributed by atoms with E-state index in [4.69, 9.17) is 5.11 Å². The van der Waals surface area contributed by atoms with Gasteiger partial charge in [0.2, 0.25) is 0 Å². The molecule has 0 amide bonds. The molecule has 2 heterocycles. The lowest BCUT2D eigenvalue weighted by molar-refractivity contribution is 0.275. The van der Waals surface area contributed by atoms with E-state index in [0.29, 0.717) is 18.7 Å². The van der Waals surface area contributed by atoms with Crippen LogP contribution in [0.25, 0.3) is 11.0 Å². The number of aromatic nitrogens is 3. The van der Waals surface area contributed by atoms with Gasteiger partial charge < -0.3 is 10.4 Å². The minimum Gasteiger partial charge on any atom is -0.392 e. The third-order valence-corrected chi connectivity index (χ3v) is 3.92. The third kappa shape index (κ3) is 3.44. The highest BCUT2D eigenvalue weighted by Crippen LogP contribution is 2.17. The highest BCUT2D eigenvalue weighted by atomic mass is 19.1. The number of aliphatic hydroxyl groups is 1. The average molecular weight is 328 g/mol. The summed E-state index contributed by atoms with van der Waals surface area (Å²) in [5.74, 6) is -0.377.